The van der Waals surface area contributed by atoms with Crippen LogP contribution in [-0.4, -0.2) is 58.1 Å². The van der Waals surface area contributed by atoms with Crippen molar-refractivity contribution in [2.45, 2.75) is 38.0 Å². The van der Waals surface area contributed by atoms with Gasteiger partial charge in [0.25, 0.3) is 0 Å². The molecule has 6 heteroatoms. The van der Waals surface area contributed by atoms with E-state index in [4.69, 9.17) is 5.11 Å². The summed E-state index contributed by atoms with van der Waals surface area (Å²) in [5.41, 5.74) is 0. The van der Waals surface area contributed by atoms with Crippen molar-refractivity contribution in [1.29, 1.82) is 0 Å². The Hall–Kier alpha value is -0.750. The van der Waals surface area contributed by atoms with Crippen LogP contribution in [0.4, 0.5) is 0 Å². The lowest BCUT2D eigenvalue weighted by Crippen LogP contribution is -2.48. The predicted molar refractivity (Wildman–Crippen MR) is 72.8 cm³/mol. The van der Waals surface area contributed by atoms with Crippen LogP contribution in [-0.2, 0) is 9.59 Å². The molecule has 0 aromatic carbocycles. The van der Waals surface area contributed by atoms with Gasteiger partial charge in [-0.25, -0.2) is 4.79 Å². The maximum Gasteiger partial charge on any atom is 0.327 e. The van der Waals surface area contributed by atoms with Crippen molar-refractivity contribution in [3.63, 3.8) is 0 Å². The molecule has 0 spiro atoms. The minimum atomic E-state index is -0.971. The molecule has 1 fully saturated rings. The average Bonchev–Trinajstić information content (AvgIpc) is 2.38. The van der Waals surface area contributed by atoms with Gasteiger partial charge in [-0.3, -0.25) is 9.69 Å². The Labute approximate surface area is 112 Å². The Balaban J connectivity index is 2.53. The fourth-order valence-corrected chi connectivity index (χ4v) is 3.07. The zero-order valence-electron chi connectivity index (χ0n) is 11.2. The molecule has 1 amide bonds. The highest BCUT2D eigenvalue weighted by molar-refractivity contribution is 8.00. The Bertz CT molecular complexity index is 320. The van der Waals surface area contributed by atoms with Gasteiger partial charge in [-0.05, 0) is 13.0 Å². The fourth-order valence-electron chi connectivity index (χ4n) is 1.93. The maximum atomic E-state index is 11.1. The smallest absolute Gasteiger partial charge is 0.327 e. The number of carbonyl (C=O) groups is 2. The van der Waals surface area contributed by atoms with Crippen molar-refractivity contribution in [3.05, 3.63) is 0 Å². The largest absolute Gasteiger partial charge is 0.480 e. The number of hydrogen-bond acceptors (Lipinski definition) is 4. The number of nitrogens with one attached hydrogen (secondary N) is 1. The number of rotatable bonds is 4. The number of amides is 1. The molecule has 5 nitrogen and oxygen atoms in total. The third kappa shape index (κ3) is 5.27. The summed E-state index contributed by atoms with van der Waals surface area (Å²) in [5, 5.41) is 11.6. The molecule has 0 aliphatic carbocycles. The minimum absolute atomic E-state index is 0.251. The predicted octanol–water partition coefficient (Wildman–Crippen LogP) is 0.793. The normalized spacial score (nSPS) is 21.9. The highest BCUT2D eigenvalue weighted by Gasteiger charge is 2.27. The van der Waals surface area contributed by atoms with E-state index in [1.165, 1.54) is 6.92 Å². The molecule has 2 N–H and O–H groups in total. The lowest BCUT2D eigenvalue weighted by atomic mass is 10.1. The summed E-state index contributed by atoms with van der Waals surface area (Å²) >= 11 is 1.92. The number of carboxylic acid groups (broad SMARTS) is 1. The number of carbonyl (C=O) groups excluding carboxylic acids is 1. The Morgan fingerprint density at radius 1 is 1.44 bits per heavy atom. The van der Waals surface area contributed by atoms with E-state index in [0.29, 0.717) is 6.54 Å². The quantitative estimate of drug-likeness (QED) is 0.793. The molecule has 0 radical (unpaired) electrons. The van der Waals surface area contributed by atoms with E-state index in [2.05, 4.69) is 24.1 Å². The van der Waals surface area contributed by atoms with Gasteiger partial charge < -0.3 is 10.4 Å². The van der Waals surface area contributed by atoms with Crippen LogP contribution >= 0.6 is 11.8 Å². The Kier molecular flexibility index (Phi) is 5.47. The number of carboxylic acids is 1. The zero-order valence-corrected chi connectivity index (χ0v) is 12.0. The molecule has 0 aromatic heterocycles. The van der Waals surface area contributed by atoms with Crippen molar-refractivity contribution in [2.24, 2.45) is 0 Å². The number of thioether (sulfide) groups is 1. The molecule has 1 atom stereocenters. The fraction of sp³-hybridized carbons (Fsp3) is 0.833. The van der Waals surface area contributed by atoms with Crippen molar-refractivity contribution in [3.8, 4) is 0 Å². The molecular formula is C12H22N2O3S. The summed E-state index contributed by atoms with van der Waals surface area (Å²) in [4.78, 5) is 24.2. The molecule has 0 aromatic rings. The van der Waals surface area contributed by atoms with E-state index < -0.39 is 12.0 Å². The van der Waals surface area contributed by atoms with Gasteiger partial charge in [-0.1, -0.05) is 13.8 Å². The Morgan fingerprint density at radius 3 is 2.67 bits per heavy atom. The van der Waals surface area contributed by atoms with Crippen LogP contribution < -0.4 is 5.32 Å². The van der Waals surface area contributed by atoms with Crippen LogP contribution in [0.3, 0.4) is 0 Å². The number of nitrogens with zero attached hydrogens (tertiary/aromatic N) is 1. The summed E-state index contributed by atoms with van der Waals surface area (Å²) in [6, 6.07) is -0.811. The third-order valence-electron chi connectivity index (χ3n) is 3.05. The van der Waals surface area contributed by atoms with Crippen molar-refractivity contribution < 1.29 is 14.7 Å². The first-order valence-corrected chi connectivity index (χ1v) is 7.15. The van der Waals surface area contributed by atoms with Crippen LogP contribution in [0.25, 0.3) is 0 Å². The molecule has 1 aliphatic rings. The van der Waals surface area contributed by atoms with E-state index in [9.17, 15) is 9.59 Å². The molecule has 0 bridgehead atoms. The summed E-state index contributed by atoms with van der Waals surface area (Å²) < 4.78 is 0.251. The van der Waals surface area contributed by atoms with E-state index >= 15 is 0 Å². The summed E-state index contributed by atoms with van der Waals surface area (Å²) in [5.74, 6) is -0.271. The molecule has 1 heterocycles. The van der Waals surface area contributed by atoms with Gasteiger partial charge in [0.2, 0.25) is 5.91 Å². The standard InChI is InChI=1S/C12H22N2O3S/c1-9(15)13-10(11(16)17)8-14-5-4-12(2,3)18-7-6-14/h10H,4-8H2,1-3H3,(H,13,15)(H,16,17). The first-order valence-electron chi connectivity index (χ1n) is 6.16. The van der Waals surface area contributed by atoms with E-state index in [1.807, 2.05) is 11.8 Å². The lowest BCUT2D eigenvalue weighted by Gasteiger charge is -2.25. The van der Waals surface area contributed by atoms with Gasteiger partial charge in [0, 0.05) is 30.5 Å². The molecule has 104 valence electrons. The summed E-state index contributed by atoms with van der Waals surface area (Å²) in [6.07, 6.45) is 1.03. The zero-order chi connectivity index (χ0) is 13.8. The van der Waals surface area contributed by atoms with Gasteiger partial charge in [-0.15, -0.1) is 0 Å². The van der Waals surface area contributed by atoms with Crippen molar-refractivity contribution in [2.75, 3.05) is 25.4 Å². The average molecular weight is 274 g/mol. The van der Waals surface area contributed by atoms with E-state index in [0.717, 1.165) is 25.3 Å². The molecule has 18 heavy (non-hydrogen) atoms. The molecule has 1 unspecified atom stereocenters. The molecule has 0 saturated carbocycles. The van der Waals surface area contributed by atoms with Crippen molar-refractivity contribution in [1.82, 2.24) is 10.2 Å². The second-order valence-corrected chi connectivity index (χ2v) is 7.05. The topological polar surface area (TPSA) is 69.6 Å². The molecule has 1 rings (SSSR count). The van der Waals surface area contributed by atoms with Crippen LogP contribution in [0, 0.1) is 0 Å². The van der Waals surface area contributed by atoms with Crippen LogP contribution in [0.15, 0.2) is 0 Å². The number of hydrogen-bond donors (Lipinski definition) is 2. The first-order chi connectivity index (χ1) is 8.30. The van der Waals surface area contributed by atoms with Gasteiger partial charge in [0.15, 0.2) is 0 Å². The summed E-state index contributed by atoms with van der Waals surface area (Å²) in [6.45, 7) is 7.90. The summed E-state index contributed by atoms with van der Waals surface area (Å²) in [7, 11) is 0. The number of aliphatic carboxylic acids is 1. The van der Waals surface area contributed by atoms with Crippen molar-refractivity contribution >= 4 is 23.6 Å². The molecule has 1 aliphatic heterocycles. The Morgan fingerprint density at radius 2 is 2.11 bits per heavy atom. The highest BCUT2D eigenvalue weighted by atomic mass is 32.2. The van der Waals surface area contributed by atoms with E-state index in [-0.39, 0.29) is 10.7 Å². The SMILES string of the molecule is CC(=O)NC(CN1CCSC(C)(C)CC1)C(=O)O. The van der Waals surface area contributed by atoms with Crippen LogP contribution in [0.2, 0.25) is 0 Å². The van der Waals surface area contributed by atoms with Gasteiger partial charge in [-0.2, -0.15) is 11.8 Å². The first kappa shape index (κ1) is 15.3. The minimum Gasteiger partial charge on any atom is -0.480 e. The maximum absolute atomic E-state index is 11.1. The van der Waals surface area contributed by atoms with Gasteiger partial charge in [0.05, 0.1) is 0 Å². The van der Waals surface area contributed by atoms with Crippen LogP contribution in [0.1, 0.15) is 27.2 Å². The highest BCUT2D eigenvalue weighted by Crippen LogP contribution is 2.30. The van der Waals surface area contributed by atoms with Gasteiger partial charge >= 0.3 is 5.97 Å². The van der Waals surface area contributed by atoms with Gasteiger partial charge in [0.1, 0.15) is 6.04 Å². The second kappa shape index (κ2) is 6.43. The lowest BCUT2D eigenvalue weighted by molar-refractivity contribution is -0.142. The monoisotopic (exact) mass is 274 g/mol. The van der Waals surface area contributed by atoms with E-state index in [1.54, 1.807) is 0 Å². The molecular weight excluding hydrogens is 252 g/mol. The molecule has 1 saturated heterocycles. The third-order valence-corrected chi connectivity index (χ3v) is 4.42. The second-order valence-electron chi connectivity index (χ2n) is 5.25. The van der Waals surface area contributed by atoms with Crippen LogP contribution in [0.5, 0.6) is 0 Å².